The summed E-state index contributed by atoms with van der Waals surface area (Å²) in [5.74, 6) is -2.33. The van der Waals surface area contributed by atoms with Gasteiger partial charge in [0.2, 0.25) is 5.91 Å². The maximum absolute atomic E-state index is 14.4. The third-order valence-electron chi connectivity index (χ3n) is 7.28. The van der Waals surface area contributed by atoms with Crippen LogP contribution in [0.1, 0.15) is 58.9 Å². The van der Waals surface area contributed by atoms with Crippen molar-refractivity contribution in [3.63, 3.8) is 0 Å². The third-order valence-corrected chi connectivity index (χ3v) is 7.28. The van der Waals surface area contributed by atoms with E-state index < -0.39 is 35.0 Å². The van der Waals surface area contributed by atoms with Gasteiger partial charge in [0.05, 0.1) is 11.3 Å². The van der Waals surface area contributed by atoms with Crippen molar-refractivity contribution in [1.29, 1.82) is 0 Å². The summed E-state index contributed by atoms with van der Waals surface area (Å²) in [5, 5.41) is 2.51. The highest BCUT2D eigenvalue weighted by atomic mass is 19.1. The van der Waals surface area contributed by atoms with E-state index >= 15 is 0 Å². The molecular formula is C31H35F2N5O4. The summed E-state index contributed by atoms with van der Waals surface area (Å²) < 4.78 is 34.1. The Kier molecular flexibility index (Phi) is 10.1. The van der Waals surface area contributed by atoms with E-state index in [0.29, 0.717) is 29.7 Å². The van der Waals surface area contributed by atoms with Crippen LogP contribution in [0.2, 0.25) is 0 Å². The van der Waals surface area contributed by atoms with Crippen molar-refractivity contribution in [2.24, 2.45) is 11.5 Å². The van der Waals surface area contributed by atoms with E-state index in [0.717, 1.165) is 56.9 Å². The van der Waals surface area contributed by atoms with Crippen LogP contribution in [0.15, 0.2) is 60.7 Å². The summed E-state index contributed by atoms with van der Waals surface area (Å²) in [5.41, 5.74) is 11.2. The van der Waals surface area contributed by atoms with Crippen LogP contribution in [0.5, 0.6) is 11.5 Å². The van der Waals surface area contributed by atoms with Crippen LogP contribution in [0, 0.1) is 11.6 Å². The number of nitrogens with two attached hydrogens (primary N) is 2. The molecule has 3 aromatic carbocycles. The molecule has 1 heterocycles. The lowest BCUT2D eigenvalue weighted by Gasteiger charge is -2.38. The van der Waals surface area contributed by atoms with Gasteiger partial charge in [-0.25, -0.2) is 13.6 Å². The van der Waals surface area contributed by atoms with Gasteiger partial charge in [-0.05, 0) is 67.3 Å². The molecule has 3 aromatic rings. The van der Waals surface area contributed by atoms with Gasteiger partial charge >= 0.3 is 6.03 Å². The molecule has 1 saturated heterocycles. The Morgan fingerprint density at radius 2 is 1.55 bits per heavy atom. The Labute approximate surface area is 243 Å². The molecule has 0 bridgehead atoms. The normalized spacial score (nSPS) is 13.9. The molecule has 0 unspecified atom stereocenters. The van der Waals surface area contributed by atoms with Gasteiger partial charge in [0, 0.05) is 43.9 Å². The summed E-state index contributed by atoms with van der Waals surface area (Å²) in [7, 11) is 0. The summed E-state index contributed by atoms with van der Waals surface area (Å²) in [6, 6.07) is 15.3. The minimum atomic E-state index is -1.08. The number of likely N-dealkylation sites (tertiary alicyclic amines) is 1. The number of carbonyl (C=O) groups is 3. The van der Waals surface area contributed by atoms with Crippen LogP contribution in [0.3, 0.4) is 0 Å². The number of nitrogens with one attached hydrogen (secondary N) is 1. The number of amides is 4. The Morgan fingerprint density at radius 1 is 0.929 bits per heavy atom. The first-order valence-electron chi connectivity index (χ1n) is 13.9. The van der Waals surface area contributed by atoms with Crippen molar-refractivity contribution in [2.45, 2.75) is 45.2 Å². The quantitative estimate of drug-likeness (QED) is 0.286. The molecule has 4 rings (SSSR count). The van der Waals surface area contributed by atoms with E-state index in [9.17, 15) is 23.2 Å². The average molecular weight is 580 g/mol. The van der Waals surface area contributed by atoms with Crippen LogP contribution in [0.4, 0.5) is 19.3 Å². The largest absolute Gasteiger partial charge is 0.457 e. The molecule has 0 spiro atoms. The van der Waals surface area contributed by atoms with E-state index in [1.807, 2.05) is 31.2 Å². The fraction of sp³-hybridized carbons (Fsp3) is 0.323. The summed E-state index contributed by atoms with van der Waals surface area (Å²) >= 11 is 0. The third kappa shape index (κ3) is 7.82. The van der Waals surface area contributed by atoms with Crippen molar-refractivity contribution >= 4 is 23.5 Å². The lowest BCUT2D eigenvalue weighted by Crippen LogP contribution is -2.49. The first-order chi connectivity index (χ1) is 20.1. The number of primary amides is 2. The van der Waals surface area contributed by atoms with E-state index in [4.69, 9.17) is 16.2 Å². The number of nitrogens with zero attached hydrogens (tertiary/aromatic N) is 2. The molecule has 11 heteroatoms. The molecule has 0 saturated carbocycles. The number of benzene rings is 3. The summed E-state index contributed by atoms with van der Waals surface area (Å²) in [6.45, 7) is 4.78. The highest BCUT2D eigenvalue weighted by Gasteiger charge is 2.28. The molecule has 5 N–H and O–H groups in total. The van der Waals surface area contributed by atoms with Crippen LogP contribution >= 0.6 is 0 Å². The highest BCUT2D eigenvalue weighted by molar-refractivity contribution is 5.96. The van der Waals surface area contributed by atoms with Gasteiger partial charge in [-0.15, -0.1) is 0 Å². The molecule has 0 radical (unpaired) electrons. The van der Waals surface area contributed by atoms with Crippen LogP contribution < -0.4 is 21.5 Å². The molecule has 1 aliphatic heterocycles. The van der Waals surface area contributed by atoms with Crippen molar-refractivity contribution in [1.82, 2.24) is 9.80 Å². The minimum absolute atomic E-state index is 0.0522. The molecule has 0 aromatic heterocycles. The number of ether oxygens (including phenoxy) is 1. The zero-order valence-electron chi connectivity index (χ0n) is 23.4. The molecule has 0 atom stereocenters. The van der Waals surface area contributed by atoms with Crippen molar-refractivity contribution in [3.8, 4) is 11.5 Å². The second kappa shape index (κ2) is 13.9. The number of urea groups is 1. The number of rotatable bonds is 11. The van der Waals surface area contributed by atoms with Crippen molar-refractivity contribution in [3.05, 3.63) is 89.0 Å². The lowest BCUT2D eigenvalue weighted by atomic mass is 10.0. The average Bonchev–Trinajstić information content (AvgIpc) is 2.96. The molecule has 1 aliphatic rings. The Hall–Kier alpha value is -4.51. The molecular weight excluding hydrogens is 544 g/mol. The van der Waals surface area contributed by atoms with Gasteiger partial charge < -0.3 is 26.4 Å². The molecule has 4 amide bonds. The predicted octanol–water partition coefficient (Wildman–Crippen LogP) is 5.25. The Balaban J connectivity index is 1.33. The van der Waals surface area contributed by atoms with E-state index in [1.165, 1.54) is 0 Å². The lowest BCUT2D eigenvalue weighted by molar-refractivity contribution is 0.0989. The van der Waals surface area contributed by atoms with Crippen molar-refractivity contribution in [2.75, 3.05) is 25.0 Å². The number of carbonyl (C=O) groups excluding carboxylic acids is 3. The number of anilines is 1. The standard InChI is InChI=1S/C31H35F2N5O4/c1-2-3-14-38(31(41)36-28-17-25(30(35)40)26(32)18-27(28)33)22-12-15-37(16-13-22)19-20-4-8-23(9-5-20)42-24-10-6-21(7-11-24)29(34)39/h4-11,17-18,22H,2-3,12-16,19H2,1H3,(H2,34,39)(H2,35,40)(H,36,41). The first-order valence-corrected chi connectivity index (χ1v) is 13.9. The fourth-order valence-corrected chi connectivity index (χ4v) is 4.93. The van der Waals surface area contributed by atoms with Crippen LogP contribution in [-0.2, 0) is 6.54 Å². The molecule has 0 aliphatic carbocycles. The predicted molar refractivity (Wildman–Crippen MR) is 155 cm³/mol. The Bertz CT molecular complexity index is 1410. The number of hydrogen-bond donors (Lipinski definition) is 3. The number of hydrogen-bond acceptors (Lipinski definition) is 5. The number of piperidine rings is 1. The molecule has 222 valence electrons. The van der Waals surface area contributed by atoms with Gasteiger partial charge in [0.15, 0.2) is 0 Å². The zero-order chi connectivity index (χ0) is 30.2. The fourth-order valence-electron chi connectivity index (χ4n) is 4.93. The topological polar surface area (TPSA) is 131 Å². The van der Waals surface area contributed by atoms with Gasteiger partial charge in [0.1, 0.15) is 23.1 Å². The molecule has 9 nitrogen and oxygen atoms in total. The first kappa shape index (κ1) is 30.4. The number of halogens is 2. The van der Waals surface area contributed by atoms with E-state index in [2.05, 4.69) is 10.2 Å². The maximum Gasteiger partial charge on any atom is 0.322 e. The zero-order valence-corrected chi connectivity index (χ0v) is 23.4. The Morgan fingerprint density at radius 3 is 2.12 bits per heavy atom. The van der Waals surface area contributed by atoms with Gasteiger partial charge in [-0.3, -0.25) is 14.5 Å². The van der Waals surface area contributed by atoms with E-state index in [-0.39, 0.29) is 11.7 Å². The smallest absolute Gasteiger partial charge is 0.322 e. The van der Waals surface area contributed by atoms with Gasteiger partial charge in [-0.1, -0.05) is 25.5 Å². The summed E-state index contributed by atoms with van der Waals surface area (Å²) in [4.78, 5) is 39.9. The molecule has 1 fully saturated rings. The second-order valence-corrected chi connectivity index (χ2v) is 10.3. The summed E-state index contributed by atoms with van der Waals surface area (Å²) in [6.07, 6.45) is 3.11. The SMILES string of the molecule is CCCCN(C(=O)Nc1cc(C(N)=O)c(F)cc1F)C1CCN(Cc2ccc(Oc3ccc(C(N)=O)cc3)cc2)CC1. The molecule has 42 heavy (non-hydrogen) atoms. The van der Waals surface area contributed by atoms with E-state index in [1.54, 1.807) is 29.2 Å². The van der Waals surface area contributed by atoms with Crippen LogP contribution in [-0.4, -0.2) is 53.3 Å². The number of unbranched alkanes of at least 4 members (excludes halogenated alkanes) is 1. The highest BCUT2D eigenvalue weighted by Crippen LogP contribution is 2.25. The van der Waals surface area contributed by atoms with Gasteiger partial charge in [-0.2, -0.15) is 0 Å². The van der Waals surface area contributed by atoms with Gasteiger partial charge in [0.25, 0.3) is 5.91 Å². The maximum atomic E-state index is 14.4. The minimum Gasteiger partial charge on any atom is -0.457 e. The van der Waals surface area contributed by atoms with Crippen LogP contribution in [0.25, 0.3) is 0 Å². The van der Waals surface area contributed by atoms with Crippen molar-refractivity contribution < 1.29 is 27.9 Å². The monoisotopic (exact) mass is 579 g/mol. The second-order valence-electron chi connectivity index (χ2n) is 10.3.